The van der Waals surface area contributed by atoms with E-state index in [0.717, 1.165) is 40.8 Å². The highest BCUT2D eigenvalue weighted by Crippen LogP contribution is 2.37. The molecule has 8 nitrogen and oxygen atoms in total. The number of carbonyl (C=O) groups excluding carboxylic acids is 1. The molecule has 1 N–H and O–H groups in total. The Morgan fingerprint density at radius 2 is 1.88 bits per heavy atom. The molecular weight excluding hydrogens is 421 g/mol. The first-order chi connectivity index (χ1) is 16.2. The minimum Gasteiger partial charge on any atom is -0.310 e. The molecule has 0 atom stereocenters. The van der Waals surface area contributed by atoms with E-state index in [1.165, 1.54) is 25.7 Å². The van der Waals surface area contributed by atoms with E-state index in [2.05, 4.69) is 36.2 Å². The van der Waals surface area contributed by atoms with Crippen LogP contribution in [0.3, 0.4) is 0 Å². The van der Waals surface area contributed by atoms with E-state index < -0.39 is 0 Å². The summed E-state index contributed by atoms with van der Waals surface area (Å²) in [7, 11) is 0. The first-order valence-corrected chi connectivity index (χ1v) is 11.8. The third-order valence-electron chi connectivity index (χ3n) is 7.43. The molecule has 0 unspecified atom stereocenters. The summed E-state index contributed by atoms with van der Waals surface area (Å²) in [6.45, 7) is 2.77. The number of nitrogens with one attached hydrogen (secondary N) is 1. The number of hydrogen-bond acceptors (Lipinski definition) is 6. The fraction of sp³-hybridized carbons (Fsp3) is 0.500. The van der Waals surface area contributed by atoms with Crippen LogP contribution in [0.1, 0.15) is 31.4 Å². The summed E-state index contributed by atoms with van der Waals surface area (Å²) in [6, 6.07) is 5.08. The van der Waals surface area contributed by atoms with Gasteiger partial charge in [-0.2, -0.15) is 5.10 Å². The SMILES string of the molecule is O=C(CN1C2CCC1CC2)Nc1cc2cc(-c3cnn4c3CN(CCF)CC4)cnc2cn1. The van der Waals surface area contributed by atoms with Crippen LogP contribution in [0.5, 0.6) is 0 Å². The second kappa shape index (κ2) is 8.46. The van der Waals surface area contributed by atoms with Crippen molar-refractivity contribution in [2.45, 2.75) is 50.9 Å². The number of nitrogens with zero attached hydrogens (tertiary/aromatic N) is 6. The van der Waals surface area contributed by atoms with E-state index in [0.29, 0.717) is 37.5 Å². The third-order valence-corrected chi connectivity index (χ3v) is 7.43. The highest BCUT2D eigenvalue weighted by atomic mass is 19.1. The summed E-state index contributed by atoms with van der Waals surface area (Å²) < 4.78 is 14.8. The van der Waals surface area contributed by atoms with Crippen molar-refractivity contribution >= 4 is 22.6 Å². The minimum absolute atomic E-state index is 0.0107. The van der Waals surface area contributed by atoms with Gasteiger partial charge in [-0.25, -0.2) is 9.37 Å². The van der Waals surface area contributed by atoms with Crippen LogP contribution in [0.15, 0.2) is 30.7 Å². The van der Waals surface area contributed by atoms with Crippen molar-refractivity contribution < 1.29 is 9.18 Å². The first kappa shape index (κ1) is 20.7. The second-order valence-corrected chi connectivity index (χ2v) is 9.36. The van der Waals surface area contributed by atoms with Crippen LogP contribution >= 0.6 is 0 Å². The van der Waals surface area contributed by atoms with Gasteiger partial charge in [-0.05, 0) is 37.8 Å². The maximum absolute atomic E-state index is 12.8. The molecule has 0 aromatic carbocycles. The lowest BCUT2D eigenvalue weighted by molar-refractivity contribution is -0.117. The highest BCUT2D eigenvalue weighted by Gasteiger charge is 2.39. The smallest absolute Gasteiger partial charge is 0.239 e. The van der Waals surface area contributed by atoms with Crippen molar-refractivity contribution in [3.63, 3.8) is 0 Å². The second-order valence-electron chi connectivity index (χ2n) is 9.36. The van der Waals surface area contributed by atoms with Crippen molar-refractivity contribution in [2.24, 2.45) is 0 Å². The Labute approximate surface area is 191 Å². The Morgan fingerprint density at radius 1 is 1.06 bits per heavy atom. The van der Waals surface area contributed by atoms with Crippen molar-refractivity contribution in [1.29, 1.82) is 0 Å². The highest BCUT2D eigenvalue weighted by molar-refractivity contribution is 5.94. The zero-order valence-electron chi connectivity index (χ0n) is 18.6. The maximum atomic E-state index is 12.8. The van der Waals surface area contributed by atoms with E-state index in [1.54, 1.807) is 6.20 Å². The number of alkyl halides is 1. The molecule has 3 aromatic heterocycles. The summed E-state index contributed by atoms with van der Waals surface area (Å²) >= 11 is 0. The van der Waals surface area contributed by atoms with E-state index in [4.69, 9.17) is 0 Å². The normalized spacial score (nSPS) is 22.7. The molecule has 9 heteroatoms. The maximum Gasteiger partial charge on any atom is 0.239 e. The van der Waals surface area contributed by atoms with Gasteiger partial charge in [-0.1, -0.05) is 0 Å². The average Bonchev–Trinajstić information content (AvgIpc) is 3.53. The molecule has 0 radical (unpaired) electrons. The molecule has 2 fully saturated rings. The van der Waals surface area contributed by atoms with Crippen LogP contribution in [0.4, 0.5) is 10.2 Å². The minimum atomic E-state index is -0.346. The zero-order valence-corrected chi connectivity index (χ0v) is 18.6. The van der Waals surface area contributed by atoms with Gasteiger partial charge in [-0.15, -0.1) is 0 Å². The summed E-state index contributed by atoms with van der Waals surface area (Å²) in [6.07, 6.45) is 10.2. The van der Waals surface area contributed by atoms with Crippen molar-refractivity contribution in [3.05, 3.63) is 36.4 Å². The molecule has 3 aliphatic heterocycles. The van der Waals surface area contributed by atoms with Crippen LogP contribution in [-0.4, -0.2) is 73.8 Å². The quantitative estimate of drug-likeness (QED) is 0.624. The summed E-state index contributed by atoms with van der Waals surface area (Å²) in [4.78, 5) is 26.1. The topological polar surface area (TPSA) is 79.2 Å². The monoisotopic (exact) mass is 449 g/mol. The van der Waals surface area contributed by atoms with Crippen molar-refractivity contribution in [1.82, 2.24) is 29.5 Å². The fourth-order valence-electron chi connectivity index (χ4n) is 5.72. The Morgan fingerprint density at radius 3 is 2.67 bits per heavy atom. The van der Waals surface area contributed by atoms with Gasteiger partial charge in [0.1, 0.15) is 12.5 Å². The van der Waals surface area contributed by atoms with Gasteiger partial charge >= 0.3 is 0 Å². The summed E-state index contributed by atoms with van der Waals surface area (Å²) in [5.74, 6) is 0.535. The summed E-state index contributed by atoms with van der Waals surface area (Å²) in [5, 5.41) is 8.41. The molecule has 3 aliphatic rings. The van der Waals surface area contributed by atoms with Crippen molar-refractivity contribution in [3.8, 4) is 11.1 Å². The van der Waals surface area contributed by atoms with E-state index in [1.807, 2.05) is 23.1 Å². The molecular formula is C24H28FN7O. The van der Waals surface area contributed by atoms with Gasteiger partial charge in [0.05, 0.1) is 36.7 Å². The number of pyridine rings is 2. The van der Waals surface area contributed by atoms with Gasteiger partial charge in [0.15, 0.2) is 0 Å². The van der Waals surface area contributed by atoms with Gasteiger partial charge in [-0.3, -0.25) is 24.3 Å². The predicted octanol–water partition coefficient (Wildman–Crippen LogP) is 2.84. The number of rotatable bonds is 6. The van der Waals surface area contributed by atoms with E-state index in [9.17, 15) is 9.18 Å². The van der Waals surface area contributed by atoms with Crippen molar-refractivity contribution in [2.75, 3.05) is 31.6 Å². The molecule has 33 heavy (non-hydrogen) atoms. The molecule has 6 heterocycles. The molecule has 0 spiro atoms. The molecule has 2 saturated heterocycles. The van der Waals surface area contributed by atoms with Crippen LogP contribution in [-0.2, 0) is 17.9 Å². The third kappa shape index (κ3) is 3.89. The molecule has 3 aromatic rings. The van der Waals surface area contributed by atoms with Crippen LogP contribution in [0.25, 0.3) is 22.0 Å². The average molecular weight is 450 g/mol. The number of carbonyl (C=O) groups is 1. The fourth-order valence-corrected chi connectivity index (χ4v) is 5.72. The number of amides is 1. The lowest BCUT2D eigenvalue weighted by Crippen LogP contribution is -2.36. The molecule has 6 rings (SSSR count). The number of fused-ring (bicyclic) bond motifs is 4. The Kier molecular flexibility index (Phi) is 5.30. The lowest BCUT2D eigenvalue weighted by atomic mass is 10.0. The van der Waals surface area contributed by atoms with Crippen LogP contribution in [0, 0.1) is 0 Å². The number of anilines is 1. The van der Waals surface area contributed by atoms with E-state index >= 15 is 0 Å². The van der Waals surface area contributed by atoms with Gasteiger partial charge in [0, 0.05) is 54.4 Å². The zero-order chi connectivity index (χ0) is 22.4. The van der Waals surface area contributed by atoms with Gasteiger partial charge < -0.3 is 5.32 Å². The molecule has 0 saturated carbocycles. The first-order valence-electron chi connectivity index (χ1n) is 11.8. The Bertz CT molecular complexity index is 1170. The molecule has 1 amide bonds. The standard InChI is InChI=1S/C24H28FN7O/c25-5-6-30-7-8-32-22(14-30)20(12-28-32)17-9-16-10-23(27-13-21(16)26-11-17)29-24(33)15-31-18-1-2-19(31)4-3-18/h9-13,18-19H,1-8,14-15H2,(H,27,29,33). The Balaban J connectivity index is 1.22. The molecule has 172 valence electrons. The number of hydrogen-bond donors (Lipinski definition) is 1. The molecule has 2 bridgehead atoms. The van der Waals surface area contributed by atoms with Gasteiger partial charge in [0.25, 0.3) is 0 Å². The van der Waals surface area contributed by atoms with Gasteiger partial charge in [0.2, 0.25) is 5.91 Å². The molecule has 0 aliphatic carbocycles. The number of halogens is 1. The predicted molar refractivity (Wildman–Crippen MR) is 123 cm³/mol. The largest absolute Gasteiger partial charge is 0.310 e. The number of aromatic nitrogens is 4. The van der Waals surface area contributed by atoms with Crippen LogP contribution < -0.4 is 5.32 Å². The summed E-state index contributed by atoms with van der Waals surface area (Å²) in [5.41, 5.74) is 3.83. The van der Waals surface area contributed by atoms with E-state index in [-0.39, 0.29) is 12.6 Å². The Hall–Kier alpha value is -2.91. The van der Waals surface area contributed by atoms with Crippen LogP contribution in [0.2, 0.25) is 0 Å². The lowest BCUT2D eigenvalue weighted by Gasteiger charge is -2.27.